The highest BCUT2D eigenvalue weighted by atomic mass is 32.2. The summed E-state index contributed by atoms with van der Waals surface area (Å²) in [5.41, 5.74) is 2.83. The second-order valence-electron chi connectivity index (χ2n) is 4.41. The normalized spacial score (nSPS) is 14.9. The summed E-state index contributed by atoms with van der Waals surface area (Å²) in [4.78, 5) is 0.133. The van der Waals surface area contributed by atoms with Crippen LogP contribution in [0.5, 0.6) is 0 Å². The van der Waals surface area contributed by atoms with Gasteiger partial charge >= 0.3 is 0 Å². The molecule has 2 aromatic rings. The molecule has 19 heavy (non-hydrogen) atoms. The first-order valence-electron chi connectivity index (χ1n) is 6.00. The van der Waals surface area contributed by atoms with Gasteiger partial charge in [-0.15, -0.1) is 0 Å². The Morgan fingerprint density at radius 2 is 2.21 bits per heavy atom. The van der Waals surface area contributed by atoms with Crippen LogP contribution in [0.3, 0.4) is 0 Å². The molecule has 0 atom stereocenters. The van der Waals surface area contributed by atoms with Crippen LogP contribution in [0.1, 0.15) is 11.1 Å². The molecule has 6 nitrogen and oxygen atoms in total. The molecular formula is C12H14N4O2S. The van der Waals surface area contributed by atoms with Crippen LogP contribution in [-0.2, 0) is 23.0 Å². The quantitative estimate of drug-likeness (QED) is 0.777. The van der Waals surface area contributed by atoms with E-state index in [-0.39, 0.29) is 4.90 Å². The van der Waals surface area contributed by atoms with Gasteiger partial charge in [0.2, 0.25) is 0 Å². The zero-order valence-electron chi connectivity index (χ0n) is 10.2. The summed E-state index contributed by atoms with van der Waals surface area (Å²) >= 11 is 0. The van der Waals surface area contributed by atoms with E-state index in [1.807, 2.05) is 12.1 Å². The van der Waals surface area contributed by atoms with Crippen molar-refractivity contribution in [2.24, 2.45) is 0 Å². The van der Waals surface area contributed by atoms with Crippen molar-refractivity contribution in [2.75, 3.05) is 11.3 Å². The lowest BCUT2D eigenvalue weighted by atomic mass is 10.00. The summed E-state index contributed by atoms with van der Waals surface area (Å²) in [7, 11) is -3.58. The van der Waals surface area contributed by atoms with E-state index in [1.165, 1.54) is 18.0 Å². The summed E-state index contributed by atoms with van der Waals surface area (Å²) < 4.78 is 26.9. The summed E-state index contributed by atoms with van der Waals surface area (Å²) in [6, 6.07) is 5.69. The first-order chi connectivity index (χ1) is 9.17. The lowest BCUT2D eigenvalue weighted by Crippen LogP contribution is -2.25. The van der Waals surface area contributed by atoms with Crippen molar-refractivity contribution in [3.63, 3.8) is 0 Å². The van der Waals surface area contributed by atoms with Gasteiger partial charge in [0.15, 0.2) is 0 Å². The first-order valence-corrected chi connectivity index (χ1v) is 7.48. The van der Waals surface area contributed by atoms with Gasteiger partial charge in [0.1, 0.15) is 4.90 Å². The van der Waals surface area contributed by atoms with Crippen LogP contribution >= 0.6 is 0 Å². The van der Waals surface area contributed by atoms with Crippen LogP contribution in [-0.4, -0.2) is 25.2 Å². The zero-order valence-corrected chi connectivity index (χ0v) is 11.0. The second kappa shape index (κ2) is 4.67. The lowest BCUT2D eigenvalue weighted by molar-refractivity contribution is 0.600. The van der Waals surface area contributed by atoms with Gasteiger partial charge < -0.3 is 5.32 Å². The third-order valence-electron chi connectivity index (χ3n) is 3.17. The van der Waals surface area contributed by atoms with E-state index in [0.29, 0.717) is 12.2 Å². The van der Waals surface area contributed by atoms with Gasteiger partial charge in [-0.2, -0.15) is 5.10 Å². The van der Waals surface area contributed by atoms with Crippen LogP contribution < -0.4 is 10.0 Å². The van der Waals surface area contributed by atoms with Gasteiger partial charge in [-0.3, -0.25) is 9.82 Å². The number of hydrogen-bond acceptors (Lipinski definition) is 4. The van der Waals surface area contributed by atoms with Gasteiger partial charge in [0, 0.05) is 12.7 Å². The number of H-pyrrole nitrogens is 1. The smallest absolute Gasteiger partial charge is 0.265 e. The molecule has 1 aliphatic rings. The summed E-state index contributed by atoms with van der Waals surface area (Å²) in [5, 5.41) is 9.41. The third-order valence-corrected chi connectivity index (χ3v) is 4.51. The van der Waals surface area contributed by atoms with E-state index < -0.39 is 10.0 Å². The van der Waals surface area contributed by atoms with Crippen molar-refractivity contribution < 1.29 is 8.42 Å². The molecule has 1 aliphatic heterocycles. The molecule has 0 amide bonds. The highest BCUT2D eigenvalue weighted by Gasteiger charge is 2.19. The fraction of sp³-hybridized carbons (Fsp3) is 0.250. The van der Waals surface area contributed by atoms with E-state index in [0.717, 1.165) is 18.5 Å². The minimum Gasteiger partial charge on any atom is -0.312 e. The Labute approximate surface area is 111 Å². The zero-order chi connectivity index (χ0) is 13.3. The standard InChI is InChI=1S/C12H14N4O2S/c17-19(18,10-6-14-15-7-10)16-12-3-1-2-9-4-5-13-8-11(9)12/h1-3,6-7,13,16H,4-5,8H2,(H,14,15). The van der Waals surface area contributed by atoms with Crippen LogP contribution in [0, 0.1) is 0 Å². The fourth-order valence-corrected chi connectivity index (χ4v) is 3.20. The van der Waals surface area contributed by atoms with Crippen LogP contribution in [0.4, 0.5) is 5.69 Å². The highest BCUT2D eigenvalue weighted by Crippen LogP contribution is 2.25. The van der Waals surface area contributed by atoms with Gasteiger partial charge in [0.25, 0.3) is 10.0 Å². The third kappa shape index (κ3) is 2.34. The molecule has 1 aromatic carbocycles. The van der Waals surface area contributed by atoms with Crippen molar-refractivity contribution in [1.82, 2.24) is 15.5 Å². The molecule has 3 rings (SSSR count). The molecule has 0 bridgehead atoms. The number of sulfonamides is 1. The van der Waals surface area contributed by atoms with Gasteiger partial charge in [-0.1, -0.05) is 12.1 Å². The minimum atomic E-state index is -3.58. The van der Waals surface area contributed by atoms with Crippen molar-refractivity contribution in [3.05, 3.63) is 41.7 Å². The van der Waals surface area contributed by atoms with E-state index in [1.54, 1.807) is 6.07 Å². The Morgan fingerprint density at radius 1 is 1.32 bits per heavy atom. The molecule has 0 aliphatic carbocycles. The number of aromatic nitrogens is 2. The van der Waals surface area contributed by atoms with Crippen LogP contribution in [0.15, 0.2) is 35.5 Å². The number of hydrogen-bond donors (Lipinski definition) is 3. The molecule has 0 saturated carbocycles. The number of fused-ring (bicyclic) bond motifs is 1. The number of aromatic amines is 1. The van der Waals surface area contributed by atoms with Crippen LogP contribution in [0.2, 0.25) is 0 Å². The summed E-state index contributed by atoms with van der Waals surface area (Å²) in [6.45, 7) is 1.60. The fourth-order valence-electron chi connectivity index (χ4n) is 2.20. The highest BCUT2D eigenvalue weighted by molar-refractivity contribution is 7.92. The lowest BCUT2D eigenvalue weighted by Gasteiger charge is -2.20. The van der Waals surface area contributed by atoms with Crippen LogP contribution in [0.25, 0.3) is 0 Å². The molecule has 7 heteroatoms. The predicted molar refractivity (Wildman–Crippen MR) is 71.2 cm³/mol. The first kappa shape index (κ1) is 12.2. The summed E-state index contributed by atoms with van der Waals surface area (Å²) in [6.07, 6.45) is 3.56. The maximum atomic E-state index is 12.2. The number of rotatable bonds is 3. The Bertz CT molecular complexity index is 680. The van der Waals surface area contributed by atoms with E-state index in [9.17, 15) is 8.42 Å². The molecular weight excluding hydrogens is 264 g/mol. The number of nitrogens with one attached hydrogen (secondary N) is 3. The van der Waals surface area contributed by atoms with E-state index >= 15 is 0 Å². The Kier molecular flexibility index (Phi) is 3.00. The molecule has 3 N–H and O–H groups in total. The topological polar surface area (TPSA) is 86.9 Å². The van der Waals surface area contributed by atoms with Crippen molar-refractivity contribution >= 4 is 15.7 Å². The Balaban J connectivity index is 1.96. The van der Waals surface area contributed by atoms with Crippen molar-refractivity contribution in [1.29, 1.82) is 0 Å². The average Bonchev–Trinajstić information content (AvgIpc) is 2.93. The molecule has 100 valence electrons. The molecule has 1 aromatic heterocycles. The second-order valence-corrected chi connectivity index (χ2v) is 6.09. The Morgan fingerprint density at radius 3 is 3.00 bits per heavy atom. The van der Waals surface area contributed by atoms with Gasteiger partial charge in [-0.25, -0.2) is 8.42 Å². The van der Waals surface area contributed by atoms with E-state index in [2.05, 4.69) is 20.2 Å². The molecule has 0 spiro atoms. The van der Waals surface area contributed by atoms with Gasteiger partial charge in [0.05, 0.1) is 11.9 Å². The molecule has 0 saturated heterocycles. The number of nitrogens with zero attached hydrogens (tertiary/aromatic N) is 1. The van der Waals surface area contributed by atoms with E-state index in [4.69, 9.17) is 0 Å². The largest absolute Gasteiger partial charge is 0.312 e. The van der Waals surface area contributed by atoms with Crippen molar-refractivity contribution in [3.8, 4) is 0 Å². The van der Waals surface area contributed by atoms with Crippen molar-refractivity contribution in [2.45, 2.75) is 17.9 Å². The monoisotopic (exact) mass is 278 g/mol. The molecule has 0 radical (unpaired) electrons. The maximum absolute atomic E-state index is 12.2. The minimum absolute atomic E-state index is 0.133. The molecule has 2 heterocycles. The summed E-state index contributed by atoms with van der Waals surface area (Å²) in [5.74, 6) is 0. The SMILES string of the molecule is O=S(=O)(Nc1cccc2c1CNCC2)c1cn[nH]c1. The number of anilines is 1. The molecule has 0 fully saturated rings. The predicted octanol–water partition coefficient (Wildman–Crippen LogP) is 0.856. The number of benzene rings is 1. The molecule has 0 unspecified atom stereocenters. The Hall–Kier alpha value is -1.86. The van der Waals surface area contributed by atoms with Gasteiger partial charge in [-0.05, 0) is 30.2 Å². The maximum Gasteiger partial charge on any atom is 0.265 e. The average molecular weight is 278 g/mol.